The van der Waals surface area contributed by atoms with E-state index in [-0.39, 0.29) is 17.6 Å². The van der Waals surface area contributed by atoms with Crippen LogP contribution in [0.2, 0.25) is 0 Å². The van der Waals surface area contributed by atoms with Crippen LogP contribution in [0.1, 0.15) is 48.9 Å². The number of hydrogen-bond acceptors (Lipinski definition) is 5. The number of thiocarbonyl (C=S) groups is 1. The maximum Gasteiger partial charge on any atom is 0.264 e. The van der Waals surface area contributed by atoms with E-state index in [0.29, 0.717) is 36.0 Å². The molecule has 3 unspecified atom stereocenters. The number of ketones is 1. The number of benzene rings is 1. The molecule has 0 radical (unpaired) electrons. The smallest absolute Gasteiger partial charge is 0.264 e. The fourth-order valence-corrected chi connectivity index (χ4v) is 5.52. The van der Waals surface area contributed by atoms with Crippen molar-refractivity contribution in [1.29, 1.82) is 0 Å². The minimum absolute atomic E-state index is 0.0528. The Balaban J connectivity index is 1.81. The Hall–Kier alpha value is -1.76. The highest BCUT2D eigenvalue weighted by atomic mass is 32.1. The van der Waals surface area contributed by atoms with E-state index in [1.54, 1.807) is 4.90 Å². The van der Waals surface area contributed by atoms with Gasteiger partial charge in [0.15, 0.2) is 11.6 Å². The van der Waals surface area contributed by atoms with Crippen LogP contribution >= 0.6 is 12.2 Å². The van der Waals surface area contributed by atoms with E-state index < -0.39 is 11.4 Å². The van der Waals surface area contributed by atoms with Crippen LogP contribution in [-0.4, -0.2) is 47.9 Å². The number of fused-ring (bicyclic) bond motifs is 1. The largest absolute Gasteiger partial charge is 0.435 e. The zero-order valence-electron chi connectivity index (χ0n) is 18.9. The van der Waals surface area contributed by atoms with Crippen molar-refractivity contribution in [2.24, 2.45) is 11.8 Å². The third kappa shape index (κ3) is 3.49. The molecule has 5 nitrogen and oxygen atoms in total. The Morgan fingerprint density at radius 1 is 1.13 bits per heavy atom. The second-order valence-electron chi connectivity index (χ2n) is 9.73. The molecule has 4 rings (SSSR count). The number of carbonyl (C=O) groups excluding carboxylic acids is 1. The van der Waals surface area contributed by atoms with Gasteiger partial charge in [0.05, 0.1) is 17.8 Å². The molecule has 2 aliphatic carbocycles. The van der Waals surface area contributed by atoms with Gasteiger partial charge in [-0.3, -0.25) is 4.79 Å². The first kappa shape index (κ1) is 21.5. The fraction of sp³-hybridized carbons (Fsp3) is 0.583. The van der Waals surface area contributed by atoms with E-state index in [1.165, 1.54) is 5.56 Å². The highest BCUT2D eigenvalue weighted by Crippen LogP contribution is 2.56. The van der Waals surface area contributed by atoms with Crippen LogP contribution in [0.4, 0.5) is 0 Å². The lowest BCUT2D eigenvalue weighted by Crippen LogP contribution is -2.33. The summed E-state index contributed by atoms with van der Waals surface area (Å²) in [5.41, 5.74) is 4.59. The second kappa shape index (κ2) is 7.14. The molecule has 1 saturated carbocycles. The number of carbonyl (C=O) groups is 1. The molecule has 1 aromatic rings. The summed E-state index contributed by atoms with van der Waals surface area (Å²) in [5, 5.41) is 0.364. The monoisotopic (exact) mass is 429 g/mol. The summed E-state index contributed by atoms with van der Waals surface area (Å²) in [7, 11) is 3.71. The minimum atomic E-state index is -0.627. The fourth-order valence-electron chi connectivity index (χ4n) is 5.43. The van der Waals surface area contributed by atoms with Crippen LogP contribution in [0.25, 0.3) is 5.57 Å². The van der Waals surface area contributed by atoms with Crippen molar-refractivity contribution < 1.29 is 19.0 Å². The molecule has 3 aliphatic rings. The standard InChI is InChI=1S/C24H31NO4S/c1-13-8-14(2)18(15(3)9-13)19-20(26)16-10-24(12-27-23(4,5)29-24)11-17(16)21(19)28-22(30)25(6)7/h8-9,16-17H,10-12H2,1-7H3. The van der Waals surface area contributed by atoms with E-state index in [4.69, 9.17) is 26.4 Å². The van der Waals surface area contributed by atoms with Crippen molar-refractivity contribution in [2.75, 3.05) is 20.7 Å². The molecule has 0 bridgehead atoms. The number of nitrogens with zero attached hydrogens (tertiary/aromatic N) is 1. The molecule has 0 N–H and O–H groups in total. The van der Waals surface area contributed by atoms with Crippen molar-refractivity contribution >= 4 is 28.7 Å². The first-order chi connectivity index (χ1) is 13.9. The SMILES string of the molecule is Cc1cc(C)c(C2=C(OC(=S)N(C)C)C3CC4(COC(C)(C)O4)CC3C2=O)c(C)c1. The molecule has 1 aromatic carbocycles. The lowest BCUT2D eigenvalue weighted by molar-refractivity contribution is -0.161. The Morgan fingerprint density at radius 2 is 1.73 bits per heavy atom. The van der Waals surface area contributed by atoms with Crippen LogP contribution in [0, 0.1) is 32.6 Å². The minimum Gasteiger partial charge on any atom is -0.435 e. The molecule has 162 valence electrons. The molecule has 3 atom stereocenters. The summed E-state index contributed by atoms with van der Waals surface area (Å²) in [6.45, 7) is 10.6. The third-order valence-electron chi connectivity index (χ3n) is 6.47. The average molecular weight is 430 g/mol. The van der Waals surface area contributed by atoms with Gasteiger partial charge in [-0.05, 0) is 76.4 Å². The molecule has 1 heterocycles. The Morgan fingerprint density at radius 3 is 2.27 bits per heavy atom. The molecule has 2 fully saturated rings. The van der Waals surface area contributed by atoms with Crippen molar-refractivity contribution in [3.63, 3.8) is 0 Å². The van der Waals surface area contributed by atoms with Crippen LogP contribution in [0.5, 0.6) is 0 Å². The first-order valence-corrected chi connectivity index (χ1v) is 10.9. The van der Waals surface area contributed by atoms with E-state index in [2.05, 4.69) is 32.9 Å². The molecule has 0 aromatic heterocycles. The van der Waals surface area contributed by atoms with Gasteiger partial charge in [0.1, 0.15) is 5.76 Å². The maximum atomic E-state index is 13.7. The Labute approximate surface area is 184 Å². The van der Waals surface area contributed by atoms with E-state index >= 15 is 0 Å². The molecular weight excluding hydrogens is 398 g/mol. The van der Waals surface area contributed by atoms with Crippen LogP contribution in [-0.2, 0) is 19.0 Å². The predicted molar refractivity (Wildman–Crippen MR) is 120 cm³/mol. The van der Waals surface area contributed by atoms with Gasteiger partial charge in [0, 0.05) is 25.9 Å². The molecule has 0 amide bonds. The highest BCUT2D eigenvalue weighted by Gasteiger charge is 2.60. The summed E-state index contributed by atoms with van der Waals surface area (Å²) in [5.74, 6) is -0.0144. The van der Waals surface area contributed by atoms with Gasteiger partial charge in [-0.25, -0.2) is 0 Å². The maximum absolute atomic E-state index is 13.7. The number of aryl methyl sites for hydroxylation is 3. The number of allylic oxidation sites excluding steroid dienone is 2. The van der Waals surface area contributed by atoms with Gasteiger partial charge >= 0.3 is 0 Å². The van der Waals surface area contributed by atoms with E-state index in [0.717, 1.165) is 16.7 Å². The van der Waals surface area contributed by atoms with Crippen molar-refractivity contribution in [2.45, 2.75) is 58.8 Å². The number of Topliss-reactive ketones (excluding diaryl/α,β-unsaturated/α-hetero) is 1. The number of rotatable bonds is 2. The summed E-state index contributed by atoms with van der Waals surface area (Å²) >= 11 is 5.47. The van der Waals surface area contributed by atoms with Crippen LogP contribution in [0.3, 0.4) is 0 Å². The lowest BCUT2D eigenvalue weighted by atomic mass is 9.89. The lowest BCUT2D eigenvalue weighted by Gasteiger charge is -2.26. The van der Waals surface area contributed by atoms with Gasteiger partial charge < -0.3 is 19.1 Å². The first-order valence-electron chi connectivity index (χ1n) is 10.5. The summed E-state index contributed by atoms with van der Waals surface area (Å²) in [6, 6.07) is 4.24. The Bertz CT molecular complexity index is 941. The van der Waals surface area contributed by atoms with Crippen molar-refractivity contribution in [3.05, 3.63) is 40.1 Å². The molecule has 6 heteroatoms. The van der Waals surface area contributed by atoms with Crippen molar-refractivity contribution in [1.82, 2.24) is 4.90 Å². The van der Waals surface area contributed by atoms with E-state index in [1.807, 2.05) is 27.9 Å². The normalized spacial score (nSPS) is 29.6. The highest BCUT2D eigenvalue weighted by molar-refractivity contribution is 7.80. The number of ether oxygens (including phenoxy) is 3. The van der Waals surface area contributed by atoms with Crippen LogP contribution < -0.4 is 0 Å². The molecule has 1 aliphatic heterocycles. The van der Waals surface area contributed by atoms with Crippen LogP contribution in [0.15, 0.2) is 17.9 Å². The molecule has 1 spiro atoms. The number of hydrogen-bond donors (Lipinski definition) is 0. The molecule has 30 heavy (non-hydrogen) atoms. The van der Waals surface area contributed by atoms with Gasteiger partial charge in [-0.1, -0.05) is 17.7 Å². The summed E-state index contributed by atoms with van der Waals surface area (Å²) in [4.78, 5) is 15.5. The van der Waals surface area contributed by atoms with Gasteiger partial charge in [0.2, 0.25) is 0 Å². The molecule has 1 saturated heterocycles. The topological polar surface area (TPSA) is 48.0 Å². The van der Waals surface area contributed by atoms with Crippen molar-refractivity contribution in [3.8, 4) is 0 Å². The predicted octanol–water partition coefficient (Wildman–Crippen LogP) is 4.32. The van der Waals surface area contributed by atoms with E-state index in [9.17, 15) is 4.79 Å². The quantitative estimate of drug-likeness (QED) is 0.653. The summed E-state index contributed by atoms with van der Waals surface area (Å²) < 4.78 is 18.4. The van der Waals surface area contributed by atoms with Gasteiger partial charge in [-0.15, -0.1) is 0 Å². The third-order valence-corrected chi connectivity index (χ3v) is 6.92. The Kier molecular flexibility index (Phi) is 5.11. The van der Waals surface area contributed by atoms with Gasteiger partial charge in [0.25, 0.3) is 5.17 Å². The summed E-state index contributed by atoms with van der Waals surface area (Å²) in [6.07, 6.45) is 1.35. The van der Waals surface area contributed by atoms with Gasteiger partial charge in [-0.2, -0.15) is 0 Å². The molecular formula is C24H31NO4S. The zero-order chi connectivity index (χ0) is 22.0. The average Bonchev–Trinajstić information content (AvgIpc) is 3.21. The second-order valence-corrected chi connectivity index (χ2v) is 10.1. The zero-order valence-corrected chi connectivity index (χ0v) is 19.7.